The van der Waals surface area contributed by atoms with Crippen molar-refractivity contribution in [2.75, 3.05) is 72.4 Å². The Kier molecular flexibility index (Phi) is 11.5. The van der Waals surface area contributed by atoms with E-state index in [2.05, 4.69) is 75.0 Å². The van der Waals surface area contributed by atoms with Crippen LogP contribution in [0.4, 0.5) is 33.5 Å². The van der Waals surface area contributed by atoms with Crippen LogP contribution in [0.3, 0.4) is 0 Å². The number of carbonyl (C=O) groups is 3. The predicted octanol–water partition coefficient (Wildman–Crippen LogP) is 5.86. The topological polar surface area (TPSA) is 178 Å². The molecular weight excluding hydrogens is 761 g/mol. The average Bonchev–Trinajstić information content (AvgIpc) is 3.93. The number of nitrogens with one attached hydrogen (secondary N) is 3. The van der Waals surface area contributed by atoms with E-state index in [1.807, 2.05) is 77.2 Å². The zero-order valence-corrected chi connectivity index (χ0v) is 34.8. The fourth-order valence-corrected chi connectivity index (χ4v) is 8.06. The first kappa shape index (κ1) is 40.4. The molecule has 3 fully saturated rings. The lowest BCUT2D eigenvalue weighted by molar-refractivity contribution is -0.120. The lowest BCUT2D eigenvalue weighted by Crippen LogP contribution is -2.49. The Hall–Kier alpha value is -6.42. The van der Waals surface area contributed by atoms with Gasteiger partial charge in [-0.05, 0) is 79.8 Å². The Balaban J connectivity index is 0.797. The van der Waals surface area contributed by atoms with Crippen molar-refractivity contribution < 1.29 is 18.9 Å². The van der Waals surface area contributed by atoms with E-state index in [4.69, 9.17) is 9.51 Å². The van der Waals surface area contributed by atoms with Gasteiger partial charge >= 0.3 is 17.8 Å². The summed E-state index contributed by atoms with van der Waals surface area (Å²) in [7, 11) is 0. The fourth-order valence-electron chi connectivity index (χ4n) is 8.06. The van der Waals surface area contributed by atoms with Crippen LogP contribution in [0.25, 0.3) is 11.3 Å². The molecule has 6 heterocycles. The maximum atomic E-state index is 12.9. The summed E-state index contributed by atoms with van der Waals surface area (Å²) >= 11 is 0. The Morgan fingerprint density at radius 1 is 0.883 bits per heavy atom. The molecule has 0 bridgehead atoms. The number of urea groups is 1. The second-order valence-corrected chi connectivity index (χ2v) is 16.9. The Labute approximate surface area is 349 Å². The molecule has 0 radical (unpaired) electrons. The van der Waals surface area contributed by atoms with Gasteiger partial charge in [-0.2, -0.15) is 4.98 Å². The van der Waals surface area contributed by atoms with Crippen LogP contribution in [-0.4, -0.2) is 100 Å². The number of imide groups is 1. The number of hydrogen-bond donors (Lipinski definition) is 3. The van der Waals surface area contributed by atoms with Gasteiger partial charge in [0.1, 0.15) is 18.0 Å². The van der Waals surface area contributed by atoms with Crippen molar-refractivity contribution in [3.05, 3.63) is 96.0 Å². The molecular formula is C44H52N12O4. The minimum Gasteiger partial charge on any atom is -0.371 e. The summed E-state index contributed by atoms with van der Waals surface area (Å²) < 4.78 is 5.22. The van der Waals surface area contributed by atoms with Crippen LogP contribution in [0, 0.1) is 12.8 Å². The standard InChI is InChI=1S/C44H52N12O4/c1-28-22-31(6-12-35(28)29(2)48-40(58)41-51-42(52-60-41)44(3,4)5)36-23-38(47-27-46-36)49-37-13-11-34(24-45-37)54-20-18-53(19-21-54)25-30-14-16-55(26-30)32-7-9-33(10-8-32)56-17-15-39(57)50-43(56)59/h6-13,22-24,27,29-30H,14-21,25-26H2,1-5H3,(H,48,58)(H,50,57,59)(H,45,46,47,49)/t29-,30+/m1/s1. The summed E-state index contributed by atoms with van der Waals surface area (Å²) in [5, 5.41) is 12.7. The minimum absolute atomic E-state index is 0.0523. The Bertz CT molecular complexity index is 2330. The van der Waals surface area contributed by atoms with Crippen LogP contribution in [0.15, 0.2) is 77.7 Å². The molecule has 0 saturated carbocycles. The number of anilines is 5. The maximum absolute atomic E-state index is 12.9. The van der Waals surface area contributed by atoms with E-state index in [9.17, 15) is 14.4 Å². The highest BCUT2D eigenvalue weighted by Gasteiger charge is 2.29. The number of aromatic nitrogens is 5. The molecule has 3 N–H and O–H groups in total. The van der Waals surface area contributed by atoms with Gasteiger partial charge in [-0.3, -0.25) is 24.7 Å². The zero-order chi connectivity index (χ0) is 42.0. The molecule has 3 aliphatic heterocycles. The molecule has 16 heteroatoms. The second kappa shape index (κ2) is 17.0. The van der Waals surface area contributed by atoms with Gasteiger partial charge in [0, 0.05) is 87.2 Å². The number of rotatable bonds is 11. The van der Waals surface area contributed by atoms with Gasteiger partial charge in [0.05, 0.1) is 23.6 Å². The first-order valence-electron chi connectivity index (χ1n) is 20.6. The second-order valence-electron chi connectivity index (χ2n) is 16.9. The molecule has 60 heavy (non-hydrogen) atoms. The number of pyridine rings is 1. The van der Waals surface area contributed by atoms with Crippen molar-refractivity contribution in [3.8, 4) is 11.3 Å². The highest BCUT2D eigenvalue weighted by atomic mass is 16.5. The largest absolute Gasteiger partial charge is 0.371 e. The molecule has 3 saturated heterocycles. The molecule has 3 aliphatic rings. The van der Waals surface area contributed by atoms with Crippen molar-refractivity contribution >= 4 is 46.5 Å². The third-order valence-electron chi connectivity index (χ3n) is 11.5. The summed E-state index contributed by atoms with van der Waals surface area (Å²) in [5.74, 6) is 1.73. The molecule has 0 aliphatic carbocycles. The first-order chi connectivity index (χ1) is 28.9. The fraction of sp³-hybridized carbons (Fsp3) is 0.409. The third kappa shape index (κ3) is 9.23. The molecule has 0 unspecified atom stereocenters. The van der Waals surface area contributed by atoms with E-state index in [1.165, 1.54) is 12.0 Å². The number of hydrogen-bond acceptors (Lipinski definition) is 13. The van der Waals surface area contributed by atoms with Crippen LogP contribution < -0.4 is 30.7 Å². The highest BCUT2D eigenvalue weighted by Crippen LogP contribution is 2.30. The van der Waals surface area contributed by atoms with E-state index >= 15 is 0 Å². The summed E-state index contributed by atoms with van der Waals surface area (Å²) in [6.45, 7) is 17.2. The molecule has 312 valence electrons. The Morgan fingerprint density at radius 3 is 2.35 bits per heavy atom. The Morgan fingerprint density at radius 2 is 1.65 bits per heavy atom. The number of carbonyl (C=O) groups excluding carboxylic acids is 3. The predicted molar refractivity (Wildman–Crippen MR) is 230 cm³/mol. The quantitative estimate of drug-likeness (QED) is 0.145. The van der Waals surface area contributed by atoms with Gasteiger partial charge in [0.25, 0.3) is 0 Å². The van der Waals surface area contributed by atoms with E-state index in [-0.39, 0.29) is 29.3 Å². The zero-order valence-electron chi connectivity index (χ0n) is 34.8. The maximum Gasteiger partial charge on any atom is 0.328 e. The number of nitrogens with zero attached hydrogens (tertiary/aromatic N) is 9. The van der Waals surface area contributed by atoms with Crippen LogP contribution in [-0.2, 0) is 10.2 Å². The van der Waals surface area contributed by atoms with Crippen molar-refractivity contribution in [2.24, 2.45) is 5.92 Å². The van der Waals surface area contributed by atoms with Gasteiger partial charge in [-0.25, -0.2) is 19.7 Å². The van der Waals surface area contributed by atoms with Gasteiger partial charge in [-0.15, -0.1) is 0 Å². The molecule has 4 amide bonds. The first-order valence-corrected chi connectivity index (χ1v) is 20.6. The number of piperazine rings is 1. The lowest BCUT2D eigenvalue weighted by atomic mass is 9.96. The SMILES string of the molecule is Cc1cc(-c2cc(Nc3ccc(N4CCN(C[C@@H]5CCN(c6ccc(N7CCC(=O)NC7=O)cc6)C5)CC4)cn3)ncn2)ccc1[C@@H](C)NC(=O)c1nc(C(C)(C)C)no1. The van der Waals surface area contributed by atoms with E-state index in [0.717, 1.165) is 86.0 Å². The normalized spacial score (nSPS) is 18.1. The number of amides is 4. The smallest absolute Gasteiger partial charge is 0.328 e. The average molecular weight is 813 g/mol. The van der Waals surface area contributed by atoms with Crippen molar-refractivity contribution in [3.63, 3.8) is 0 Å². The lowest BCUT2D eigenvalue weighted by Gasteiger charge is -2.37. The number of benzene rings is 2. The summed E-state index contributed by atoms with van der Waals surface area (Å²) in [5.41, 5.74) is 6.41. The van der Waals surface area contributed by atoms with Crippen molar-refractivity contribution in [1.82, 2.24) is 40.6 Å². The van der Waals surface area contributed by atoms with Crippen molar-refractivity contribution in [2.45, 2.75) is 58.9 Å². The monoisotopic (exact) mass is 812 g/mol. The molecule has 3 aromatic heterocycles. The van der Waals surface area contributed by atoms with E-state index in [0.29, 0.717) is 36.3 Å². The van der Waals surface area contributed by atoms with Crippen molar-refractivity contribution in [1.29, 1.82) is 0 Å². The molecule has 2 aromatic carbocycles. The summed E-state index contributed by atoms with van der Waals surface area (Å²) in [4.78, 5) is 63.6. The van der Waals surface area contributed by atoms with E-state index in [1.54, 1.807) is 4.90 Å². The molecule has 8 rings (SSSR count). The highest BCUT2D eigenvalue weighted by molar-refractivity contribution is 6.05. The molecule has 5 aromatic rings. The van der Waals surface area contributed by atoms with Gasteiger partial charge in [-0.1, -0.05) is 38.1 Å². The molecule has 2 atom stereocenters. The van der Waals surface area contributed by atoms with Crippen LogP contribution in [0.1, 0.15) is 74.2 Å². The van der Waals surface area contributed by atoms with Crippen LogP contribution >= 0.6 is 0 Å². The van der Waals surface area contributed by atoms with Crippen LogP contribution in [0.5, 0.6) is 0 Å². The van der Waals surface area contributed by atoms with Gasteiger partial charge in [0.2, 0.25) is 5.91 Å². The van der Waals surface area contributed by atoms with Gasteiger partial charge in [0.15, 0.2) is 5.82 Å². The minimum atomic E-state index is -0.414. The summed E-state index contributed by atoms with van der Waals surface area (Å²) in [6, 6.07) is 19.5. The van der Waals surface area contributed by atoms with Crippen LogP contribution in [0.2, 0.25) is 0 Å². The molecule has 0 spiro atoms. The summed E-state index contributed by atoms with van der Waals surface area (Å²) in [6.07, 6.45) is 4.93. The third-order valence-corrected chi connectivity index (χ3v) is 11.5. The number of aryl methyl sites for hydroxylation is 1. The van der Waals surface area contributed by atoms with E-state index < -0.39 is 5.91 Å². The molecule has 16 nitrogen and oxygen atoms in total. The van der Waals surface area contributed by atoms with Gasteiger partial charge < -0.3 is 25.0 Å².